The van der Waals surface area contributed by atoms with Gasteiger partial charge in [-0.3, -0.25) is 37.8 Å². The molecule has 35 heteroatoms. The SMILES string of the molecule is CC(C)(C)OC[C@@]12COC([C@H](n3cnc4c(N)ncnc43)O1)[C@H]2OC(C)(C)C.CC(C)O[C@@H]1C2OC[C@]1(COC(C)(C)C)O[C@H]2n1cnc2c(=O)[nH]c(N)nc21.Cc1cn([C@@H]2O[C@@]3(COC(C)(C)C)COC2[C@H]3OC(C)(C)C)c(=O)[nH]c1=O.Cc1cn([C@@H]2O[C@@]3(COC(C)(C)C)COC2[C@H]3OC(C)(C)C)c(=O)nc1N. The summed E-state index contributed by atoms with van der Waals surface area (Å²) >= 11 is 0. The van der Waals surface area contributed by atoms with Gasteiger partial charge in [-0.1, -0.05) is 0 Å². The topological polar surface area (TPSA) is 423 Å². The minimum atomic E-state index is -0.820. The molecule has 0 radical (unpaired) electrons. The van der Waals surface area contributed by atoms with E-state index in [0.29, 0.717) is 80.0 Å². The van der Waals surface area contributed by atoms with Gasteiger partial charge in [-0.15, -0.1) is 0 Å². The highest BCUT2D eigenvalue weighted by atomic mass is 16.7. The monoisotopic (exact) mass is 1550 g/mol. The summed E-state index contributed by atoms with van der Waals surface area (Å²) in [5.74, 6) is 0.568. The maximum atomic E-state index is 12.4. The summed E-state index contributed by atoms with van der Waals surface area (Å²) in [5, 5.41) is 0. The van der Waals surface area contributed by atoms with Crippen LogP contribution in [0.25, 0.3) is 22.3 Å². The first-order chi connectivity index (χ1) is 50.7. The van der Waals surface area contributed by atoms with Crippen LogP contribution in [0, 0.1) is 13.8 Å². The number of rotatable bonds is 17. The second kappa shape index (κ2) is 30.2. The molecule has 0 aliphatic carbocycles. The van der Waals surface area contributed by atoms with Crippen LogP contribution in [0.5, 0.6) is 0 Å². The van der Waals surface area contributed by atoms with Gasteiger partial charge in [0.05, 0.1) is 111 Å². The van der Waals surface area contributed by atoms with Crippen LogP contribution in [-0.2, 0) is 75.8 Å². The van der Waals surface area contributed by atoms with Gasteiger partial charge in [-0.2, -0.15) is 9.97 Å². The van der Waals surface area contributed by atoms with Crippen LogP contribution in [0.2, 0.25) is 0 Å². The minimum Gasteiger partial charge on any atom is -0.383 e. The molecule has 8 bridgehead atoms. The molecule has 8 saturated heterocycles. The van der Waals surface area contributed by atoms with E-state index in [9.17, 15) is 19.2 Å². The van der Waals surface area contributed by atoms with Crippen LogP contribution in [0.15, 0.2) is 50.6 Å². The molecule has 14 rings (SSSR count). The van der Waals surface area contributed by atoms with Crippen molar-refractivity contribution in [2.45, 2.75) is 315 Å². The number of hydrogen-bond acceptors (Lipinski definition) is 29. The highest BCUT2D eigenvalue weighted by molar-refractivity contribution is 5.81. The smallest absolute Gasteiger partial charge is 0.351 e. The van der Waals surface area contributed by atoms with E-state index in [1.165, 1.54) is 28.0 Å². The molecule has 8 N–H and O–H groups in total. The normalized spacial score (nSPS) is 30.5. The van der Waals surface area contributed by atoms with Gasteiger partial charge >= 0.3 is 11.4 Å². The van der Waals surface area contributed by atoms with Crippen molar-refractivity contribution in [1.82, 2.24) is 58.1 Å². The van der Waals surface area contributed by atoms with Crippen LogP contribution in [0.4, 0.5) is 17.6 Å². The predicted octanol–water partition coefficient (Wildman–Crippen LogP) is 6.36. The highest BCUT2D eigenvalue weighted by Crippen LogP contribution is 2.53. The molecule has 0 spiro atoms. The summed E-state index contributed by atoms with van der Waals surface area (Å²) in [5.41, 5.74) is 12.8. The molecule has 35 nitrogen and oxygen atoms in total. The first-order valence-electron chi connectivity index (χ1n) is 37.5. The average molecular weight is 1550 g/mol. The number of nitrogens with zero attached hydrogens (tertiary/aromatic N) is 10. The lowest BCUT2D eigenvalue weighted by Crippen LogP contribution is -2.50. The van der Waals surface area contributed by atoms with Crippen molar-refractivity contribution in [3.63, 3.8) is 0 Å². The van der Waals surface area contributed by atoms with E-state index in [0.717, 1.165) is 0 Å². The number of aryl methyl sites for hydroxylation is 2. The lowest BCUT2D eigenvalue weighted by molar-refractivity contribution is -0.211. The molecule has 0 aromatic carbocycles. The summed E-state index contributed by atoms with van der Waals surface area (Å²) in [6.07, 6.45) is 2.44. The number of anilines is 3. The number of nitrogen functional groups attached to an aromatic ring is 3. The van der Waals surface area contributed by atoms with Crippen LogP contribution < -0.4 is 39.7 Å². The Bertz CT molecular complexity index is 4510. The highest BCUT2D eigenvalue weighted by Gasteiger charge is 2.68. The van der Waals surface area contributed by atoms with Crippen molar-refractivity contribution in [1.29, 1.82) is 0 Å². The number of nitrogens with one attached hydrogen (secondary N) is 2. The molecule has 8 aliphatic rings. The summed E-state index contributed by atoms with van der Waals surface area (Å²) in [4.78, 5) is 78.4. The number of H-pyrrole nitrogens is 2. The number of ether oxygens (including phenoxy) is 16. The molecule has 0 amide bonds. The standard InChI is InChI=1S/C19H29N5O4.C19H31N3O5.C19H30N2O6.C18H27N5O5/c1-17(2,3)26-8-19-7-25-12(13(19)27-18(4,5)6)16(28-19)24-10-23-11-14(20)21-9-22-15(11)24;1-11-8-22(16(23)21-14(11)20)15-12-13(26-18(5,6)7)19(27-15,9-24-12)10-25-17(2,3)4;1-11-8-21(16(23)20-14(11)22)15-12-13(26-18(5,6)7)19(27-15,9-24-12)10-25-17(2,3)4;1-9(2)27-12-11-15(28-18(12,6-25-11)7-26-17(3,4)5)23-8-20-10-13(23)21-16(19)22-14(10)24/h9-10,12-13,16H,7-8H2,1-6H3,(H2,20,21,22);8,12-13,15H,9-10H2,1-7H3,(H2,20,21,23);8,12-13,15H,9-10H2,1-7H3,(H,20,22,23);8-9,11-12,15H,6-7H2,1-5H3,(H3,19,21,22,24)/t12?,13-,16-,19-;2*12?,13-,15-,19-;11?,12-,15-,18-/m1111/s1. The number of nitrogens with two attached hydrogens (primary N) is 3. The van der Waals surface area contributed by atoms with Crippen molar-refractivity contribution in [2.24, 2.45) is 0 Å². The van der Waals surface area contributed by atoms with Crippen molar-refractivity contribution in [3.05, 3.63) is 84.2 Å². The maximum Gasteiger partial charge on any atom is 0.351 e. The molecule has 8 aliphatic heterocycles. The van der Waals surface area contributed by atoms with Gasteiger partial charge in [0.1, 0.15) is 88.9 Å². The third kappa shape index (κ3) is 18.2. The second-order valence-corrected chi connectivity index (χ2v) is 36.9. The first kappa shape index (κ1) is 84.1. The van der Waals surface area contributed by atoms with Crippen molar-refractivity contribution in [3.8, 4) is 0 Å². The molecule has 14 heterocycles. The van der Waals surface area contributed by atoms with Crippen molar-refractivity contribution < 1.29 is 75.8 Å². The van der Waals surface area contributed by atoms with Crippen LogP contribution >= 0.6 is 0 Å². The van der Waals surface area contributed by atoms with Crippen molar-refractivity contribution in [2.75, 3.05) is 70.1 Å². The minimum absolute atomic E-state index is 0.0123. The third-order valence-corrected chi connectivity index (χ3v) is 19.0. The zero-order chi connectivity index (χ0) is 81.0. The summed E-state index contributed by atoms with van der Waals surface area (Å²) < 4.78 is 106. The van der Waals surface area contributed by atoms with E-state index >= 15 is 0 Å². The lowest BCUT2D eigenvalue weighted by atomic mass is 9.98. The summed E-state index contributed by atoms with van der Waals surface area (Å²) in [6.45, 7) is 51.9. The van der Waals surface area contributed by atoms with Gasteiger partial charge in [-0.05, 0) is 173 Å². The van der Waals surface area contributed by atoms with E-state index in [4.69, 9.17) is 93.0 Å². The molecule has 4 unspecified atom stereocenters. The van der Waals surface area contributed by atoms with Gasteiger partial charge in [-0.25, -0.2) is 29.5 Å². The van der Waals surface area contributed by atoms with Gasteiger partial charge < -0.3 is 93.0 Å². The van der Waals surface area contributed by atoms with E-state index in [1.54, 1.807) is 30.9 Å². The van der Waals surface area contributed by atoms with E-state index in [1.807, 2.05) is 164 Å². The lowest BCUT2D eigenvalue weighted by Gasteiger charge is -2.35. The zero-order valence-corrected chi connectivity index (χ0v) is 68.4. The fourth-order valence-corrected chi connectivity index (χ4v) is 14.1. The zero-order valence-electron chi connectivity index (χ0n) is 68.4. The summed E-state index contributed by atoms with van der Waals surface area (Å²) in [7, 11) is 0. The Morgan fingerprint density at radius 2 is 0.818 bits per heavy atom. The van der Waals surface area contributed by atoms with Gasteiger partial charge in [0.2, 0.25) is 5.95 Å². The molecule has 6 aromatic heterocycles. The number of imidazole rings is 2. The number of fused-ring (bicyclic) bond motifs is 10. The fraction of sp³-hybridized carbons (Fsp3) is 0.760. The molecule has 612 valence electrons. The third-order valence-electron chi connectivity index (χ3n) is 19.0. The Balaban J connectivity index is 0.000000145. The largest absolute Gasteiger partial charge is 0.383 e. The maximum absolute atomic E-state index is 12.4. The molecular formula is C75H117N15O20. The molecule has 16 atom stereocenters. The second-order valence-electron chi connectivity index (χ2n) is 36.9. The van der Waals surface area contributed by atoms with Gasteiger partial charge in [0.15, 0.2) is 47.5 Å². The Hall–Kier alpha value is -6.78. The molecule has 8 fully saturated rings. The van der Waals surface area contributed by atoms with Crippen LogP contribution in [0.3, 0.4) is 0 Å². The fourth-order valence-electron chi connectivity index (χ4n) is 14.1. The number of hydrogen-bond donors (Lipinski definition) is 5. The number of aromatic nitrogens is 12. The first-order valence-corrected chi connectivity index (χ1v) is 37.5. The molecular weight excluding hydrogens is 1430 g/mol. The molecule has 6 aromatic rings. The van der Waals surface area contributed by atoms with Crippen molar-refractivity contribution >= 4 is 39.9 Å². The van der Waals surface area contributed by atoms with Crippen LogP contribution in [-0.4, -0.2) is 228 Å². The predicted molar refractivity (Wildman–Crippen MR) is 403 cm³/mol. The Labute approximate surface area is 640 Å². The van der Waals surface area contributed by atoms with Gasteiger partial charge in [0.25, 0.3) is 11.1 Å². The Morgan fingerprint density at radius 1 is 0.445 bits per heavy atom. The number of aromatic amines is 2. The van der Waals surface area contributed by atoms with E-state index < -0.39 is 99.3 Å². The average Bonchev–Trinajstić information content (AvgIpc) is 1.58. The summed E-state index contributed by atoms with van der Waals surface area (Å²) in [6, 6.07) is 0. The molecule has 110 heavy (non-hydrogen) atoms. The van der Waals surface area contributed by atoms with Gasteiger partial charge in [0, 0.05) is 23.5 Å². The van der Waals surface area contributed by atoms with E-state index in [-0.39, 0.29) is 88.5 Å². The Kier molecular flexibility index (Phi) is 23.1. The Morgan fingerprint density at radius 3 is 1.23 bits per heavy atom. The quantitative estimate of drug-likeness (QED) is 0.0663. The van der Waals surface area contributed by atoms with E-state index in [2.05, 4.69) is 39.9 Å². The molecule has 0 saturated carbocycles. The van der Waals surface area contributed by atoms with Crippen LogP contribution in [0.1, 0.15) is 195 Å².